The van der Waals surface area contributed by atoms with Gasteiger partial charge in [-0.05, 0) is 74.9 Å². The number of imidazole rings is 1. The number of carbonyl (C=O) groups excluding carboxylic acids is 1. The quantitative estimate of drug-likeness (QED) is 0.277. The second-order valence-corrected chi connectivity index (χ2v) is 11.5. The Morgan fingerprint density at radius 1 is 1.15 bits per heavy atom. The molecule has 9 heteroatoms. The maximum Gasteiger partial charge on any atom is 0.399 e. The fraction of sp³-hybridized carbons (Fsp3) is 0.548. The predicted octanol–water partition coefficient (Wildman–Crippen LogP) is 6.82. The molecule has 3 aliphatic carbocycles. The maximum absolute atomic E-state index is 13.1. The van der Waals surface area contributed by atoms with Gasteiger partial charge < -0.3 is 19.4 Å². The van der Waals surface area contributed by atoms with Gasteiger partial charge in [-0.25, -0.2) is 4.98 Å². The van der Waals surface area contributed by atoms with Gasteiger partial charge in [-0.1, -0.05) is 36.8 Å². The number of fused-ring (bicyclic) bond motifs is 4. The zero-order valence-electron chi connectivity index (χ0n) is 23.4. The number of rotatable bonds is 10. The number of nitrogens with zero attached hydrogens (tertiary/aromatic N) is 2. The van der Waals surface area contributed by atoms with Crippen molar-refractivity contribution in [2.75, 3.05) is 27.2 Å². The Labute approximate surface area is 233 Å². The van der Waals surface area contributed by atoms with E-state index in [-0.39, 0.29) is 11.8 Å². The van der Waals surface area contributed by atoms with Crippen molar-refractivity contribution in [3.8, 4) is 5.75 Å². The third-order valence-corrected chi connectivity index (χ3v) is 8.70. The lowest BCUT2D eigenvalue weighted by Crippen LogP contribution is -2.47. The zero-order chi connectivity index (χ0) is 28.5. The third kappa shape index (κ3) is 5.99. The van der Waals surface area contributed by atoms with Gasteiger partial charge in [0.15, 0.2) is 0 Å². The van der Waals surface area contributed by atoms with Crippen molar-refractivity contribution < 1.29 is 27.4 Å². The molecule has 0 saturated heterocycles. The molecule has 216 valence electrons. The number of hydrogen-bond donors (Lipinski definition) is 1. The van der Waals surface area contributed by atoms with Gasteiger partial charge in [0, 0.05) is 25.3 Å². The highest BCUT2D eigenvalue weighted by Gasteiger charge is 2.51. The van der Waals surface area contributed by atoms with Crippen LogP contribution in [0.15, 0.2) is 36.4 Å². The molecule has 3 aromatic rings. The molecule has 0 radical (unpaired) electrons. The summed E-state index contributed by atoms with van der Waals surface area (Å²) in [5.41, 5.74) is 4.38. The first-order valence-corrected chi connectivity index (χ1v) is 14.2. The number of carbonyl (C=O) groups is 1. The molecule has 40 heavy (non-hydrogen) atoms. The number of nitrogens with one attached hydrogen (secondary N) is 1. The first-order chi connectivity index (χ1) is 19.1. The van der Waals surface area contributed by atoms with Crippen molar-refractivity contribution in [2.24, 2.45) is 0 Å². The van der Waals surface area contributed by atoms with Gasteiger partial charge in [0.1, 0.15) is 29.1 Å². The summed E-state index contributed by atoms with van der Waals surface area (Å²) in [5, 5.41) is 0. The molecule has 0 spiro atoms. The van der Waals surface area contributed by atoms with Crippen LogP contribution < -0.4 is 4.74 Å². The number of H-pyrrole nitrogens is 1. The molecule has 6 rings (SSSR count). The molecular formula is C31H38F3N3O3. The van der Waals surface area contributed by atoms with Crippen LogP contribution in [0.1, 0.15) is 79.3 Å². The lowest BCUT2D eigenvalue weighted by molar-refractivity contribution is -0.188. The minimum absolute atomic E-state index is 0.0956. The summed E-state index contributed by atoms with van der Waals surface area (Å²) in [4.78, 5) is 22.9. The van der Waals surface area contributed by atoms with E-state index in [1.54, 1.807) is 7.11 Å². The summed E-state index contributed by atoms with van der Waals surface area (Å²) < 4.78 is 50.6. The van der Waals surface area contributed by atoms with E-state index in [0.717, 1.165) is 72.4 Å². The van der Waals surface area contributed by atoms with Crippen LogP contribution in [0.4, 0.5) is 13.2 Å². The second-order valence-electron chi connectivity index (χ2n) is 11.5. The van der Waals surface area contributed by atoms with Gasteiger partial charge in [0.05, 0.1) is 12.6 Å². The molecule has 0 unspecified atom stereocenters. The smallest absolute Gasteiger partial charge is 0.399 e. The molecule has 1 N–H and O–H groups in total. The van der Waals surface area contributed by atoms with Crippen molar-refractivity contribution in [2.45, 2.75) is 81.9 Å². The van der Waals surface area contributed by atoms with Crippen LogP contribution in [0.25, 0.3) is 11.0 Å². The van der Waals surface area contributed by atoms with Crippen molar-refractivity contribution in [1.29, 1.82) is 0 Å². The van der Waals surface area contributed by atoms with Crippen LogP contribution in [0.2, 0.25) is 0 Å². The number of aromatic nitrogens is 2. The van der Waals surface area contributed by atoms with Crippen LogP contribution in [-0.4, -0.2) is 59.9 Å². The van der Waals surface area contributed by atoms with Crippen molar-refractivity contribution in [3.63, 3.8) is 0 Å². The lowest BCUT2D eigenvalue weighted by atomic mass is 9.67. The number of benzene rings is 2. The van der Waals surface area contributed by atoms with E-state index < -0.39 is 24.2 Å². The standard InChI is InChI=1S/C31H38F3N3O3/c1-20-13-14-25(39-3)29-28(20)35-26(36-29)12-7-16-37(2)17-15-30(40-27(38)19-31(32,33)34)18-21-8-6-11-24(30)23-10-5-4-9-22(21)23/h4-5,9-10,13-14,21,24H,6-8,11-12,15-19H2,1-3H3,(H,35,36)/t21-,24-,30+/m0/s1. The summed E-state index contributed by atoms with van der Waals surface area (Å²) >= 11 is 0. The molecule has 1 aromatic heterocycles. The van der Waals surface area contributed by atoms with Crippen molar-refractivity contribution >= 4 is 17.0 Å². The van der Waals surface area contributed by atoms with E-state index in [1.165, 1.54) is 5.56 Å². The maximum atomic E-state index is 13.1. The number of esters is 1. The summed E-state index contributed by atoms with van der Waals surface area (Å²) in [6.07, 6.45) is -0.703. The van der Waals surface area contributed by atoms with Crippen molar-refractivity contribution in [3.05, 3.63) is 58.9 Å². The minimum Gasteiger partial charge on any atom is -0.494 e. The van der Waals surface area contributed by atoms with Crippen LogP contribution in [0, 0.1) is 6.92 Å². The number of ether oxygens (including phenoxy) is 2. The molecular weight excluding hydrogens is 519 g/mol. The SMILES string of the molecule is COc1ccc(C)c2[nH]c(CCCN(C)CC[C@@]3(OC(=O)CC(F)(F)F)C[C@@H]4CCC[C@H]3c3ccccc34)nc12. The molecule has 0 aliphatic heterocycles. The molecule has 3 atom stereocenters. The van der Waals surface area contributed by atoms with Crippen LogP contribution >= 0.6 is 0 Å². The average molecular weight is 558 g/mol. The number of methoxy groups -OCH3 is 1. The highest BCUT2D eigenvalue weighted by atomic mass is 19.4. The minimum atomic E-state index is -4.59. The lowest BCUT2D eigenvalue weighted by Gasteiger charge is -2.46. The van der Waals surface area contributed by atoms with E-state index in [4.69, 9.17) is 14.5 Å². The Kier molecular flexibility index (Phi) is 8.13. The summed E-state index contributed by atoms with van der Waals surface area (Å²) in [5.74, 6) is 0.557. The Morgan fingerprint density at radius 3 is 2.67 bits per heavy atom. The normalized spacial score (nSPS) is 22.4. The topological polar surface area (TPSA) is 67.4 Å². The van der Waals surface area contributed by atoms with Crippen LogP contribution in [0.3, 0.4) is 0 Å². The Balaban J connectivity index is 1.27. The molecule has 2 aromatic carbocycles. The van der Waals surface area contributed by atoms with Gasteiger partial charge in [-0.15, -0.1) is 0 Å². The summed E-state index contributed by atoms with van der Waals surface area (Å²) in [6.45, 7) is 3.44. The van der Waals surface area contributed by atoms with E-state index in [9.17, 15) is 18.0 Å². The molecule has 1 saturated carbocycles. The molecule has 6 nitrogen and oxygen atoms in total. The molecule has 1 fully saturated rings. The highest BCUT2D eigenvalue weighted by molar-refractivity contribution is 5.84. The summed E-state index contributed by atoms with van der Waals surface area (Å²) in [7, 11) is 3.65. The zero-order valence-corrected chi connectivity index (χ0v) is 23.4. The van der Waals surface area contributed by atoms with E-state index in [0.29, 0.717) is 19.4 Å². The Morgan fingerprint density at radius 2 is 1.93 bits per heavy atom. The number of hydrogen-bond acceptors (Lipinski definition) is 5. The van der Waals surface area contributed by atoms with E-state index in [2.05, 4.69) is 22.0 Å². The first kappa shape index (κ1) is 28.5. The van der Waals surface area contributed by atoms with Crippen LogP contribution in [0.5, 0.6) is 5.75 Å². The number of aromatic amines is 1. The van der Waals surface area contributed by atoms with Gasteiger partial charge in [0.25, 0.3) is 0 Å². The monoisotopic (exact) mass is 557 g/mol. The fourth-order valence-corrected chi connectivity index (χ4v) is 6.80. The van der Waals surface area contributed by atoms with E-state index >= 15 is 0 Å². The molecule has 2 bridgehead atoms. The van der Waals surface area contributed by atoms with Gasteiger partial charge in [0.2, 0.25) is 0 Å². The van der Waals surface area contributed by atoms with Crippen molar-refractivity contribution in [1.82, 2.24) is 14.9 Å². The number of aryl methyl sites for hydroxylation is 2. The number of alkyl halides is 3. The van der Waals surface area contributed by atoms with Crippen LogP contribution in [-0.2, 0) is 16.0 Å². The van der Waals surface area contributed by atoms with E-state index in [1.807, 2.05) is 38.2 Å². The predicted molar refractivity (Wildman–Crippen MR) is 148 cm³/mol. The molecule has 3 aliphatic rings. The molecule has 1 heterocycles. The van der Waals surface area contributed by atoms with Gasteiger partial charge >= 0.3 is 12.1 Å². The molecule has 0 amide bonds. The highest BCUT2D eigenvalue weighted by Crippen LogP contribution is 2.55. The largest absolute Gasteiger partial charge is 0.494 e. The average Bonchev–Trinajstić information content (AvgIpc) is 3.14. The third-order valence-electron chi connectivity index (χ3n) is 8.70. The first-order valence-electron chi connectivity index (χ1n) is 14.2. The Bertz CT molecular complexity index is 1350. The van der Waals surface area contributed by atoms with Gasteiger partial charge in [-0.3, -0.25) is 4.79 Å². The van der Waals surface area contributed by atoms with Gasteiger partial charge in [-0.2, -0.15) is 13.2 Å². The number of halogens is 3. The second kappa shape index (κ2) is 11.4. The Hall–Kier alpha value is -3.07. The summed E-state index contributed by atoms with van der Waals surface area (Å²) in [6, 6.07) is 12.1. The fourth-order valence-electron chi connectivity index (χ4n) is 6.80.